The minimum Gasteiger partial charge on any atom is -0.496 e. The van der Waals surface area contributed by atoms with Crippen molar-refractivity contribution in [3.63, 3.8) is 0 Å². The molecule has 2 aliphatic rings. The SMILES string of the molecule is COc1cc(-c2coc3cc(OCCN4CCCC4)ccc23)cc2c1C(=O)N(CC#N)CC2. The predicted molar refractivity (Wildman–Crippen MR) is 125 cm³/mol. The van der Waals surface area contributed by atoms with Gasteiger partial charge in [-0.25, -0.2) is 0 Å². The first kappa shape index (κ1) is 21.4. The molecule has 1 amide bonds. The molecule has 0 saturated carbocycles. The second-order valence-corrected chi connectivity index (χ2v) is 8.55. The van der Waals surface area contributed by atoms with Crippen molar-refractivity contribution in [1.82, 2.24) is 9.80 Å². The molecule has 170 valence electrons. The first-order valence-electron chi connectivity index (χ1n) is 11.4. The standard InChI is InChI=1S/C26H27N3O4/c1-31-24-15-19(14-18-6-10-29(11-7-27)26(30)25(18)24)22-17-33-23-16-20(4-5-21(22)23)32-13-12-28-8-2-3-9-28/h4-5,14-17H,2-3,6,8-13H2,1H3. The fourth-order valence-corrected chi connectivity index (χ4v) is 4.80. The molecule has 33 heavy (non-hydrogen) atoms. The zero-order chi connectivity index (χ0) is 22.8. The van der Waals surface area contributed by atoms with Crippen LogP contribution in [-0.4, -0.2) is 62.1 Å². The summed E-state index contributed by atoms with van der Waals surface area (Å²) in [4.78, 5) is 16.9. The average Bonchev–Trinajstić information content (AvgIpc) is 3.50. The summed E-state index contributed by atoms with van der Waals surface area (Å²) in [5, 5.41) is 9.98. The van der Waals surface area contributed by atoms with Gasteiger partial charge in [-0.15, -0.1) is 0 Å². The maximum Gasteiger partial charge on any atom is 0.258 e. The minimum absolute atomic E-state index is 0.0813. The Morgan fingerprint density at radius 1 is 1.15 bits per heavy atom. The third-order valence-corrected chi connectivity index (χ3v) is 6.55. The molecule has 0 N–H and O–H groups in total. The highest BCUT2D eigenvalue weighted by Crippen LogP contribution is 2.38. The number of fused-ring (bicyclic) bond motifs is 2. The molecule has 1 aromatic heterocycles. The van der Waals surface area contributed by atoms with Crippen LogP contribution in [0.5, 0.6) is 11.5 Å². The largest absolute Gasteiger partial charge is 0.496 e. The van der Waals surface area contributed by atoms with Crippen LogP contribution < -0.4 is 9.47 Å². The van der Waals surface area contributed by atoms with Crippen molar-refractivity contribution in [2.75, 3.05) is 46.4 Å². The zero-order valence-corrected chi connectivity index (χ0v) is 18.8. The molecule has 0 aliphatic carbocycles. The highest BCUT2D eigenvalue weighted by molar-refractivity contribution is 6.02. The fourth-order valence-electron chi connectivity index (χ4n) is 4.80. The Bertz CT molecular complexity index is 1200. The number of ether oxygens (including phenoxy) is 2. The molecule has 0 spiro atoms. The van der Waals surface area contributed by atoms with Crippen LogP contribution in [0.1, 0.15) is 28.8 Å². The van der Waals surface area contributed by atoms with Gasteiger partial charge in [0.1, 0.15) is 30.2 Å². The second-order valence-electron chi connectivity index (χ2n) is 8.55. The van der Waals surface area contributed by atoms with Crippen LogP contribution in [0, 0.1) is 11.3 Å². The Kier molecular flexibility index (Phi) is 5.93. The molecule has 5 rings (SSSR count). The van der Waals surface area contributed by atoms with Gasteiger partial charge in [0.2, 0.25) is 0 Å². The summed E-state index contributed by atoms with van der Waals surface area (Å²) in [7, 11) is 1.56. The average molecular weight is 446 g/mol. The smallest absolute Gasteiger partial charge is 0.258 e. The van der Waals surface area contributed by atoms with Crippen molar-refractivity contribution in [2.24, 2.45) is 0 Å². The highest BCUT2D eigenvalue weighted by atomic mass is 16.5. The lowest BCUT2D eigenvalue weighted by Crippen LogP contribution is -2.38. The van der Waals surface area contributed by atoms with E-state index in [0.717, 1.165) is 53.0 Å². The van der Waals surface area contributed by atoms with E-state index < -0.39 is 0 Å². The Balaban J connectivity index is 1.40. The van der Waals surface area contributed by atoms with Crippen LogP contribution in [-0.2, 0) is 6.42 Å². The zero-order valence-electron chi connectivity index (χ0n) is 18.8. The molecule has 3 heterocycles. The lowest BCUT2D eigenvalue weighted by atomic mass is 9.93. The lowest BCUT2D eigenvalue weighted by molar-refractivity contribution is 0.0757. The van der Waals surface area contributed by atoms with Crippen molar-refractivity contribution >= 4 is 16.9 Å². The molecule has 1 fully saturated rings. The molecule has 7 heteroatoms. The highest BCUT2D eigenvalue weighted by Gasteiger charge is 2.28. The number of rotatable bonds is 7. The van der Waals surface area contributed by atoms with Gasteiger partial charge < -0.3 is 18.8 Å². The van der Waals surface area contributed by atoms with E-state index in [9.17, 15) is 4.79 Å². The normalized spacial score (nSPS) is 16.1. The number of nitrogens with zero attached hydrogens (tertiary/aromatic N) is 3. The molecular weight excluding hydrogens is 418 g/mol. The van der Waals surface area contributed by atoms with Gasteiger partial charge in [-0.3, -0.25) is 9.69 Å². The second kappa shape index (κ2) is 9.16. The summed E-state index contributed by atoms with van der Waals surface area (Å²) in [5.41, 5.74) is 4.12. The Morgan fingerprint density at radius 3 is 2.79 bits per heavy atom. The third-order valence-electron chi connectivity index (χ3n) is 6.55. The quantitative estimate of drug-likeness (QED) is 0.510. The lowest BCUT2D eigenvalue weighted by Gasteiger charge is -2.28. The van der Waals surface area contributed by atoms with E-state index in [-0.39, 0.29) is 12.5 Å². The summed E-state index contributed by atoms with van der Waals surface area (Å²) < 4.78 is 17.4. The summed E-state index contributed by atoms with van der Waals surface area (Å²) in [6.07, 6.45) is 4.98. The van der Waals surface area contributed by atoms with E-state index in [1.165, 1.54) is 12.8 Å². The number of nitriles is 1. The number of likely N-dealkylation sites (tertiary alicyclic amines) is 1. The van der Waals surface area contributed by atoms with E-state index in [2.05, 4.69) is 11.0 Å². The van der Waals surface area contributed by atoms with Crippen LogP contribution in [0.4, 0.5) is 0 Å². The molecule has 2 aromatic carbocycles. The van der Waals surface area contributed by atoms with Gasteiger partial charge in [-0.05, 0) is 67.7 Å². The number of carbonyl (C=O) groups excluding carboxylic acids is 1. The Morgan fingerprint density at radius 2 is 2.00 bits per heavy atom. The van der Waals surface area contributed by atoms with Crippen LogP contribution in [0.15, 0.2) is 41.0 Å². The predicted octanol–water partition coefficient (Wildman–Crippen LogP) is 4.10. The van der Waals surface area contributed by atoms with Crippen molar-refractivity contribution in [1.29, 1.82) is 5.26 Å². The third kappa shape index (κ3) is 4.14. The number of hydrogen-bond donors (Lipinski definition) is 0. The number of furan rings is 1. The topological polar surface area (TPSA) is 78.9 Å². The van der Waals surface area contributed by atoms with Crippen molar-refractivity contribution < 1.29 is 18.7 Å². The van der Waals surface area contributed by atoms with E-state index in [1.54, 1.807) is 18.3 Å². The van der Waals surface area contributed by atoms with Crippen molar-refractivity contribution in [2.45, 2.75) is 19.3 Å². The van der Waals surface area contributed by atoms with Gasteiger partial charge in [-0.1, -0.05) is 0 Å². The van der Waals surface area contributed by atoms with E-state index in [0.29, 0.717) is 30.9 Å². The van der Waals surface area contributed by atoms with Crippen LogP contribution in [0.25, 0.3) is 22.1 Å². The van der Waals surface area contributed by atoms with Gasteiger partial charge in [0, 0.05) is 30.1 Å². The molecule has 0 atom stereocenters. The first-order valence-corrected chi connectivity index (χ1v) is 11.4. The molecular formula is C26H27N3O4. The maximum atomic E-state index is 12.9. The fraction of sp³-hybridized carbons (Fsp3) is 0.385. The number of benzene rings is 2. The van der Waals surface area contributed by atoms with E-state index >= 15 is 0 Å². The van der Waals surface area contributed by atoms with Crippen molar-refractivity contribution in [3.05, 3.63) is 47.7 Å². The molecule has 2 aliphatic heterocycles. The first-order chi connectivity index (χ1) is 16.2. The molecule has 7 nitrogen and oxygen atoms in total. The van der Waals surface area contributed by atoms with Gasteiger partial charge in [0.15, 0.2) is 0 Å². The number of hydrogen-bond acceptors (Lipinski definition) is 6. The molecule has 3 aromatic rings. The van der Waals surface area contributed by atoms with Crippen LogP contribution in [0.3, 0.4) is 0 Å². The van der Waals surface area contributed by atoms with E-state index in [1.807, 2.05) is 30.3 Å². The summed E-state index contributed by atoms with van der Waals surface area (Å²) >= 11 is 0. The Labute approximate surface area is 193 Å². The number of methoxy groups -OCH3 is 1. The summed E-state index contributed by atoms with van der Waals surface area (Å²) in [5.74, 6) is 1.16. The van der Waals surface area contributed by atoms with Gasteiger partial charge in [0.25, 0.3) is 5.91 Å². The molecule has 0 radical (unpaired) electrons. The van der Waals surface area contributed by atoms with Gasteiger partial charge >= 0.3 is 0 Å². The number of carbonyl (C=O) groups is 1. The number of amides is 1. The van der Waals surface area contributed by atoms with Crippen molar-refractivity contribution in [3.8, 4) is 28.7 Å². The van der Waals surface area contributed by atoms with Gasteiger partial charge in [-0.2, -0.15) is 5.26 Å². The minimum atomic E-state index is -0.158. The molecule has 1 saturated heterocycles. The van der Waals surface area contributed by atoms with E-state index in [4.69, 9.17) is 19.2 Å². The van der Waals surface area contributed by atoms with Crippen LogP contribution >= 0.6 is 0 Å². The van der Waals surface area contributed by atoms with Gasteiger partial charge in [0.05, 0.1) is 25.0 Å². The summed E-state index contributed by atoms with van der Waals surface area (Å²) in [6, 6.07) is 11.9. The molecule has 0 bridgehead atoms. The molecule has 0 unspecified atom stereocenters. The maximum absolute atomic E-state index is 12.9. The summed E-state index contributed by atoms with van der Waals surface area (Å²) in [6.45, 7) is 4.54. The monoisotopic (exact) mass is 445 g/mol. The Hall–Kier alpha value is -3.50. The van der Waals surface area contributed by atoms with Crippen LogP contribution in [0.2, 0.25) is 0 Å².